The molecule has 1 nitrogen and oxygen atoms in total. The second-order valence-electron chi connectivity index (χ2n) is 3.25. The molecular formula is C13H14FN. The Morgan fingerprint density at radius 2 is 1.93 bits per heavy atom. The average molecular weight is 203 g/mol. The van der Waals surface area contributed by atoms with Gasteiger partial charge in [-0.25, -0.2) is 4.39 Å². The zero-order valence-electron chi connectivity index (χ0n) is 8.70. The molecule has 0 atom stereocenters. The SMILES string of the molecule is C=C/C=C(/C=C(/C)N)c1ccc(F)cc1. The van der Waals surface area contributed by atoms with E-state index in [2.05, 4.69) is 6.58 Å². The summed E-state index contributed by atoms with van der Waals surface area (Å²) in [4.78, 5) is 0. The minimum absolute atomic E-state index is 0.245. The van der Waals surface area contributed by atoms with E-state index in [1.165, 1.54) is 12.1 Å². The first-order valence-electron chi connectivity index (χ1n) is 4.66. The van der Waals surface area contributed by atoms with Gasteiger partial charge in [0.1, 0.15) is 5.82 Å². The highest BCUT2D eigenvalue weighted by Gasteiger charge is 1.98. The summed E-state index contributed by atoms with van der Waals surface area (Å²) in [7, 11) is 0. The van der Waals surface area contributed by atoms with Gasteiger partial charge in [0.25, 0.3) is 0 Å². The molecule has 0 aliphatic rings. The van der Waals surface area contributed by atoms with Gasteiger partial charge >= 0.3 is 0 Å². The predicted molar refractivity (Wildman–Crippen MR) is 62.5 cm³/mol. The van der Waals surface area contributed by atoms with Gasteiger partial charge in [-0.05, 0) is 36.3 Å². The topological polar surface area (TPSA) is 26.0 Å². The van der Waals surface area contributed by atoms with E-state index in [9.17, 15) is 4.39 Å². The van der Waals surface area contributed by atoms with Crippen molar-refractivity contribution in [1.82, 2.24) is 0 Å². The van der Waals surface area contributed by atoms with E-state index in [0.29, 0.717) is 5.70 Å². The quantitative estimate of drug-likeness (QED) is 0.750. The van der Waals surface area contributed by atoms with Crippen molar-refractivity contribution in [3.8, 4) is 0 Å². The first kappa shape index (κ1) is 11.2. The Balaban J connectivity index is 3.11. The molecule has 0 saturated carbocycles. The molecule has 1 aromatic carbocycles. The number of hydrogen-bond acceptors (Lipinski definition) is 1. The molecule has 0 fully saturated rings. The third-order valence-corrected chi connectivity index (χ3v) is 1.86. The van der Waals surface area contributed by atoms with Crippen molar-refractivity contribution in [2.24, 2.45) is 5.73 Å². The third-order valence-electron chi connectivity index (χ3n) is 1.86. The minimum Gasteiger partial charge on any atom is -0.402 e. The fourth-order valence-electron chi connectivity index (χ4n) is 1.24. The number of benzene rings is 1. The Bertz CT molecular complexity index is 395. The van der Waals surface area contributed by atoms with Crippen molar-refractivity contribution in [2.75, 3.05) is 0 Å². The molecule has 0 aromatic heterocycles. The molecule has 0 spiro atoms. The average Bonchev–Trinajstić information content (AvgIpc) is 2.17. The second kappa shape index (κ2) is 5.15. The van der Waals surface area contributed by atoms with Crippen LogP contribution in [0.25, 0.3) is 5.57 Å². The summed E-state index contributed by atoms with van der Waals surface area (Å²) >= 11 is 0. The number of allylic oxidation sites excluding steroid dienone is 5. The van der Waals surface area contributed by atoms with Crippen LogP contribution in [0.5, 0.6) is 0 Å². The lowest BCUT2D eigenvalue weighted by Crippen LogP contribution is -1.91. The zero-order chi connectivity index (χ0) is 11.3. The molecule has 0 saturated heterocycles. The number of hydrogen-bond donors (Lipinski definition) is 1. The standard InChI is InChI=1S/C13H14FN/c1-3-4-12(9-10(2)15)11-5-7-13(14)8-6-11/h3-9H,1,15H2,2H3/b10-9-,12-4-. The maximum Gasteiger partial charge on any atom is 0.123 e. The molecule has 0 aliphatic heterocycles. The lowest BCUT2D eigenvalue weighted by atomic mass is 10.0. The minimum atomic E-state index is -0.245. The van der Waals surface area contributed by atoms with Gasteiger partial charge < -0.3 is 5.73 Å². The lowest BCUT2D eigenvalue weighted by molar-refractivity contribution is 0.627. The van der Waals surface area contributed by atoms with Crippen LogP contribution in [-0.4, -0.2) is 0 Å². The maximum atomic E-state index is 12.7. The Morgan fingerprint density at radius 1 is 1.33 bits per heavy atom. The van der Waals surface area contributed by atoms with Crippen LogP contribution < -0.4 is 5.73 Å². The fourth-order valence-corrected chi connectivity index (χ4v) is 1.24. The largest absolute Gasteiger partial charge is 0.402 e. The van der Waals surface area contributed by atoms with Crippen molar-refractivity contribution in [3.63, 3.8) is 0 Å². The van der Waals surface area contributed by atoms with E-state index < -0.39 is 0 Å². The van der Waals surface area contributed by atoms with E-state index in [-0.39, 0.29) is 5.82 Å². The fraction of sp³-hybridized carbons (Fsp3) is 0.0769. The van der Waals surface area contributed by atoms with Crippen LogP contribution in [0.3, 0.4) is 0 Å². The molecule has 1 rings (SSSR count). The summed E-state index contributed by atoms with van der Waals surface area (Å²) in [5.74, 6) is -0.245. The summed E-state index contributed by atoms with van der Waals surface area (Å²) in [6.45, 7) is 5.44. The molecule has 2 heteroatoms. The summed E-state index contributed by atoms with van der Waals surface area (Å²) in [5, 5.41) is 0. The predicted octanol–water partition coefficient (Wildman–Crippen LogP) is 3.26. The van der Waals surface area contributed by atoms with Crippen LogP contribution in [0.4, 0.5) is 4.39 Å². The first-order valence-corrected chi connectivity index (χ1v) is 4.66. The maximum absolute atomic E-state index is 12.7. The molecule has 0 radical (unpaired) electrons. The van der Waals surface area contributed by atoms with E-state index in [0.717, 1.165) is 11.1 Å². The van der Waals surface area contributed by atoms with Crippen molar-refractivity contribution < 1.29 is 4.39 Å². The van der Waals surface area contributed by atoms with Crippen LogP contribution in [-0.2, 0) is 0 Å². The van der Waals surface area contributed by atoms with E-state index in [1.54, 1.807) is 25.1 Å². The van der Waals surface area contributed by atoms with E-state index in [1.807, 2.05) is 12.2 Å². The molecule has 1 aromatic rings. The summed E-state index contributed by atoms with van der Waals surface area (Å²) in [6, 6.07) is 6.27. The van der Waals surface area contributed by atoms with Gasteiger partial charge in [0.2, 0.25) is 0 Å². The monoisotopic (exact) mass is 203 g/mol. The van der Waals surface area contributed by atoms with Crippen LogP contribution in [0.1, 0.15) is 12.5 Å². The van der Waals surface area contributed by atoms with Gasteiger partial charge in [0.05, 0.1) is 0 Å². The molecular weight excluding hydrogens is 189 g/mol. The smallest absolute Gasteiger partial charge is 0.123 e. The molecule has 0 bridgehead atoms. The normalized spacial score (nSPS) is 12.7. The van der Waals surface area contributed by atoms with Crippen molar-refractivity contribution in [1.29, 1.82) is 0 Å². The number of rotatable bonds is 3. The highest BCUT2D eigenvalue weighted by Crippen LogP contribution is 2.17. The Kier molecular flexibility index (Phi) is 3.86. The highest BCUT2D eigenvalue weighted by atomic mass is 19.1. The van der Waals surface area contributed by atoms with Crippen molar-refractivity contribution in [2.45, 2.75) is 6.92 Å². The van der Waals surface area contributed by atoms with Crippen LogP contribution in [0.2, 0.25) is 0 Å². The summed E-state index contributed by atoms with van der Waals surface area (Å²) in [5.41, 5.74) is 8.14. The van der Waals surface area contributed by atoms with Gasteiger partial charge in [-0.2, -0.15) is 0 Å². The van der Waals surface area contributed by atoms with E-state index >= 15 is 0 Å². The van der Waals surface area contributed by atoms with Crippen LogP contribution in [0.15, 0.2) is 54.8 Å². The Labute approximate surface area is 89.4 Å². The number of halogens is 1. The van der Waals surface area contributed by atoms with Crippen molar-refractivity contribution >= 4 is 5.57 Å². The van der Waals surface area contributed by atoms with E-state index in [4.69, 9.17) is 5.73 Å². The third kappa shape index (κ3) is 3.43. The molecule has 2 N–H and O–H groups in total. The Morgan fingerprint density at radius 3 is 2.40 bits per heavy atom. The summed E-state index contributed by atoms with van der Waals surface area (Å²) < 4.78 is 12.7. The van der Waals surface area contributed by atoms with Gasteiger partial charge in [-0.3, -0.25) is 0 Å². The first-order chi connectivity index (χ1) is 7.13. The number of nitrogens with two attached hydrogens (primary N) is 1. The molecule has 0 aliphatic carbocycles. The molecule has 78 valence electrons. The van der Waals surface area contributed by atoms with Gasteiger partial charge in [0, 0.05) is 5.70 Å². The van der Waals surface area contributed by atoms with Crippen LogP contribution in [0, 0.1) is 5.82 Å². The van der Waals surface area contributed by atoms with Crippen molar-refractivity contribution in [3.05, 3.63) is 66.2 Å². The Hall–Kier alpha value is -1.83. The van der Waals surface area contributed by atoms with Gasteiger partial charge in [0.15, 0.2) is 0 Å². The molecule has 15 heavy (non-hydrogen) atoms. The van der Waals surface area contributed by atoms with Gasteiger partial charge in [-0.15, -0.1) is 0 Å². The van der Waals surface area contributed by atoms with Gasteiger partial charge in [-0.1, -0.05) is 30.9 Å². The highest BCUT2D eigenvalue weighted by molar-refractivity contribution is 5.75. The lowest BCUT2D eigenvalue weighted by Gasteiger charge is -2.02. The molecule has 0 unspecified atom stereocenters. The second-order valence-corrected chi connectivity index (χ2v) is 3.25. The molecule has 0 amide bonds. The van der Waals surface area contributed by atoms with Crippen LogP contribution >= 0.6 is 0 Å². The summed E-state index contributed by atoms with van der Waals surface area (Å²) in [6.07, 6.45) is 5.34. The molecule has 0 heterocycles. The zero-order valence-corrected chi connectivity index (χ0v) is 8.70.